The Bertz CT molecular complexity index is 558. The first-order chi connectivity index (χ1) is 8.56. The molecule has 0 atom stereocenters. The quantitative estimate of drug-likeness (QED) is 0.883. The topological polar surface area (TPSA) is 48.1 Å². The normalized spacial score (nSPS) is 10.4. The Hall–Kier alpha value is -1.62. The van der Waals surface area contributed by atoms with Crippen LogP contribution < -0.4 is 10.5 Å². The minimum absolute atomic E-state index is 0.186. The molecule has 0 bridgehead atoms. The first kappa shape index (κ1) is 12.8. The van der Waals surface area contributed by atoms with Crippen molar-refractivity contribution in [2.24, 2.45) is 0 Å². The van der Waals surface area contributed by atoms with E-state index in [9.17, 15) is 4.39 Å². The lowest BCUT2D eigenvalue weighted by molar-refractivity contribution is 0.286. The van der Waals surface area contributed by atoms with Crippen LogP contribution in [-0.4, -0.2) is 4.98 Å². The molecule has 0 fully saturated rings. The first-order valence-electron chi connectivity index (χ1n) is 5.35. The van der Waals surface area contributed by atoms with E-state index in [1.165, 1.54) is 6.07 Å². The van der Waals surface area contributed by atoms with Gasteiger partial charge in [0, 0.05) is 22.4 Å². The molecule has 0 aliphatic carbocycles. The van der Waals surface area contributed by atoms with Crippen molar-refractivity contribution < 1.29 is 9.13 Å². The second kappa shape index (κ2) is 5.35. The zero-order valence-electron chi connectivity index (χ0n) is 9.78. The number of rotatable bonds is 3. The number of anilines is 1. The largest absolute Gasteiger partial charge is 0.484 e. The Morgan fingerprint density at radius 3 is 2.83 bits per heavy atom. The molecular weight excluding hydrogens is 299 g/mol. The van der Waals surface area contributed by atoms with Crippen molar-refractivity contribution in [3.05, 3.63) is 52.0 Å². The predicted octanol–water partition coefficient (Wildman–Crippen LogP) is 3.45. The summed E-state index contributed by atoms with van der Waals surface area (Å²) in [6.07, 6.45) is 1.67. The van der Waals surface area contributed by atoms with Crippen LogP contribution in [0.5, 0.6) is 5.75 Å². The highest BCUT2D eigenvalue weighted by molar-refractivity contribution is 9.10. The third kappa shape index (κ3) is 2.98. The van der Waals surface area contributed by atoms with Crippen LogP contribution in [-0.2, 0) is 6.61 Å². The van der Waals surface area contributed by atoms with Crippen LogP contribution in [0, 0.1) is 12.7 Å². The number of halogens is 2. The number of nitrogen functional groups attached to an aromatic ring is 1. The maximum absolute atomic E-state index is 13.6. The molecule has 0 saturated heterocycles. The first-order valence-corrected chi connectivity index (χ1v) is 6.14. The Kier molecular flexibility index (Phi) is 3.81. The predicted molar refractivity (Wildman–Crippen MR) is 71.8 cm³/mol. The summed E-state index contributed by atoms with van der Waals surface area (Å²) in [5.74, 6) is -0.276. The van der Waals surface area contributed by atoms with Crippen LogP contribution in [0.3, 0.4) is 0 Å². The molecule has 0 radical (unpaired) electrons. The van der Waals surface area contributed by atoms with Crippen molar-refractivity contribution in [1.82, 2.24) is 4.98 Å². The molecule has 0 saturated carbocycles. The lowest BCUT2D eigenvalue weighted by Crippen LogP contribution is -2.01. The molecule has 1 aromatic carbocycles. The van der Waals surface area contributed by atoms with Gasteiger partial charge in [0.2, 0.25) is 0 Å². The molecular formula is C13H12BrFN2O. The van der Waals surface area contributed by atoms with Gasteiger partial charge in [-0.2, -0.15) is 0 Å². The summed E-state index contributed by atoms with van der Waals surface area (Å²) in [4.78, 5) is 4.14. The molecule has 0 aliphatic heterocycles. The maximum atomic E-state index is 13.6. The van der Waals surface area contributed by atoms with E-state index in [0.29, 0.717) is 5.69 Å². The fourth-order valence-corrected chi connectivity index (χ4v) is 1.66. The van der Waals surface area contributed by atoms with E-state index in [2.05, 4.69) is 20.9 Å². The third-order valence-corrected chi connectivity index (χ3v) is 2.95. The summed E-state index contributed by atoms with van der Waals surface area (Å²) in [6, 6.07) is 6.52. The molecule has 2 rings (SSSR count). The Morgan fingerprint density at radius 2 is 2.17 bits per heavy atom. The zero-order chi connectivity index (χ0) is 13.1. The van der Waals surface area contributed by atoms with Gasteiger partial charge in [-0.05, 0) is 46.6 Å². The van der Waals surface area contributed by atoms with Gasteiger partial charge in [-0.3, -0.25) is 4.98 Å². The molecule has 0 unspecified atom stereocenters. The van der Waals surface area contributed by atoms with E-state index in [-0.39, 0.29) is 12.4 Å². The number of pyridine rings is 1. The van der Waals surface area contributed by atoms with Crippen LogP contribution in [0.4, 0.5) is 10.1 Å². The highest BCUT2D eigenvalue weighted by Gasteiger charge is 2.07. The second-order valence-corrected chi connectivity index (χ2v) is 4.81. The number of aryl methyl sites for hydroxylation is 1. The number of benzene rings is 1. The van der Waals surface area contributed by atoms with E-state index in [4.69, 9.17) is 10.5 Å². The van der Waals surface area contributed by atoms with Gasteiger partial charge in [0.15, 0.2) is 11.6 Å². The highest BCUT2D eigenvalue weighted by atomic mass is 79.9. The van der Waals surface area contributed by atoms with Gasteiger partial charge in [0.05, 0.1) is 5.69 Å². The van der Waals surface area contributed by atoms with Crippen LogP contribution in [0.1, 0.15) is 11.3 Å². The van der Waals surface area contributed by atoms with E-state index < -0.39 is 5.82 Å². The van der Waals surface area contributed by atoms with Crippen molar-refractivity contribution in [1.29, 1.82) is 0 Å². The smallest absolute Gasteiger partial charge is 0.167 e. The molecule has 2 aromatic rings. The van der Waals surface area contributed by atoms with Gasteiger partial charge in [0.25, 0.3) is 0 Å². The number of nitrogens with zero attached hydrogens (tertiary/aromatic N) is 1. The minimum Gasteiger partial charge on any atom is -0.484 e. The van der Waals surface area contributed by atoms with Gasteiger partial charge in [-0.15, -0.1) is 0 Å². The zero-order valence-corrected chi connectivity index (χ0v) is 11.4. The summed E-state index contributed by atoms with van der Waals surface area (Å²) in [6.45, 7) is 2.02. The molecule has 2 N–H and O–H groups in total. The van der Waals surface area contributed by atoms with Crippen molar-refractivity contribution in [3.63, 3.8) is 0 Å². The average Bonchev–Trinajstić information content (AvgIpc) is 2.34. The van der Waals surface area contributed by atoms with Gasteiger partial charge in [-0.25, -0.2) is 4.39 Å². The molecule has 1 aromatic heterocycles. The molecule has 0 spiro atoms. The summed E-state index contributed by atoms with van der Waals surface area (Å²) in [5, 5.41) is 0. The standard InChI is InChI=1S/C13H12BrFN2O/c1-8-4-13(11(15)5-12(8)16)18-7-10-3-2-9(14)6-17-10/h2-6H,7,16H2,1H3. The minimum atomic E-state index is -0.463. The Labute approximate surface area is 113 Å². The molecule has 0 aliphatic rings. The summed E-state index contributed by atoms with van der Waals surface area (Å²) >= 11 is 3.29. The van der Waals surface area contributed by atoms with Crippen LogP contribution >= 0.6 is 15.9 Å². The van der Waals surface area contributed by atoms with Gasteiger partial charge in [0.1, 0.15) is 6.61 Å². The molecule has 5 heteroatoms. The monoisotopic (exact) mass is 310 g/mol. The molecule has 1 heterocycles. The van der Waals surface area contributed by atoms with Gasteiger partial charge < -0.3 is 10.5 Å². The second-order valence-electron chi connectivity index (χ2n) is 3.90. The summed E-state index contributed by atoms with van der Waals surface area (Å²) < 4.78 is 19.8. The lowest BCUT2D eigenvalue weighted by atomic mass is 10.2. The van der Waals surface area contributed by atoms with E-state index in [1.807, 2.05) is 12.1 Å². The summed E-state index contributed by atoms with van der Waals surface area (Å²) in [5.41, 5.74) is 7.53. The number of aromatic nitrogens is 1. The summed E-state index contributed by atoms with van der Waals surface area (Å²) in [7, 11) is 0. The van der Waals surface area contributed by atoms with Crippen LogP contribution in [0.2, 0.25) is 0 Å². The van der Waals surface area contributed by atoms with Crippen molar-refractivity contribution in [2.45, 2.75) is 13.5 Å². The number of hydrogen-bond donors (Lipinski definition) is 1. The van der Waals surface area contributed by atoms with E-state index in [1.54, 1.807) is 19.2 Å². The number of nitrogens with two attached hydrogens (primary N) is 1. The molecule has 18 heavy (non-hydrogen) atoms. The third-order valence-electron chi connectivity index (χ3n) is 2.48. The van der Waals surface area contributed by atoms with Gasteiger partial charge in [-0.1, -0.05) is 0 Å². The number of hydrogen-bond acceptors (Lipinski definition) is 3. The number of ether oxygens (including phenoxy) is 1. The fourth-order valence-electron chi connectivity index (χ4n) is 1.42. The van der Waals surface area contributed by atoms with E-state index >= 15 is 0 Å². The van der Waals surface area contributed by atoms with Gasteiger partial charge >= 0.3 is 0 Å². The Morgan fingerprint density at radius 1 is 1.39 bits per heavy atom. The average molecular weight is 311 g/mol. The Balaban J connectivity index is 2.10. The molecule has 94 valence electrons. The maximum Gasteiger partial charge on any atom is 0.167 e. The molecule has 0 amide bonds. The van der Waals surface area contributed by atoms with Crippen LogP contribution in [0.15, 0.2) is 34.9 Å². The fraction of sp³-hybridized carbons (Fsp3) is 0.154. The SMILES string of the molecule is Cc1cc(OCc2ccc(Br)cn2)c(F)cc1N. The molecule has 3 nitrogen and oxygen atoms in total. The highest BCUT2D eigenvalue weighted by Crippen LogP contribution is 2.24. The van der Waals surface area contributed by atoms with Crippen molar-refractivity contribution in [3.8, 4) is 5.75 Å². The van der Waals surface area contributed by atoms with Crippen molar-refractivity contribution in [2.75, 3.05) is 5.73 Å². The van der Waals surface area contributed by atoms with Crippen molar-refractivity contribution >= 4 is 21.6 Å². The lowest BCUT2D eigenvalue weighted by Gasteiger charge is -2.09. The van der Waals surface area contributed by atoms with E-state index in [0.717, 1.165) is 15.7 Å². The van der Waals surface area contributed by atoms with Crippen LogP contribution in [0.25, 0.3) is 0 Å².